The van der Waals surface area contributed by atoms with Crippen LogP contribution >= 0.6 is 0 Å². The smallest absolute Gasteiger partial charge is 0.254 e. The first-order valence-electron chi connectivity index (χ1n) is 11.1. The van der Waals surface area contributed by atoms with E-state index < -0.39 is 11.9 Å². The van der Waals surface area contributed by atoms with Crippen molar-refractivity contribution in [1.29, 1.82) is 0 Å². The van der Waals surface area contributed by atoms with Gasteiger partial charge in [0.25, 0.3) is 5.91 Å². The summed E-state index contributed by atoms with van der Waals surface area (Å²) in [5, 5.41) is 3.39. The van der Waals surface area contributed by atoms with Crippen LogP contribution in [0.2, 0.25) is 0 Å². The molecule has 0 bridgehead atoms. The molecule has 33 heavy (non-hydrogen) atoms. The molecule has 2 amide bonds. The number of piperazine rings is 1. The van der Waals surface area contributed by atoms with Crippen LogP contribution in [-0.4, -0.2) is 52.3 Å². The maximum atomic E-state index is 13.4. The summed E-state index contributed by atoms with van der Waals surface area (Å²) in [6.07, 6.45) is 3.55. The van der Waals surface area contributed by atoms with Crippen molar-refractivity contribution in [3.8, 4) is 0 Å². The molecule has 0 radical (unpaired) electrons. The number of hydrogen-bond donors (Lipinski definition) is 2. The monoisotopic (exact) mass is 443 g/mol. The molecule has 0 saturated carbocycles. The van der Waals surface area contributed by atoms with Crippen molar-refractivity contribution in [2.24, 2.45) is 5.73 Å². The van der Waals surface area contributed by atoms with Crippen LogP contribution in [0.4, 0.5) is 5.69 Å². The van der Waals surface area contributed by atoms with Crippen molar-refractivity contribution < 1.29 is 9.59 Å². The molecule has 0 unspecified atom stereocenters. The summed E-state index contributed by atoms with van der Waals surface area (Å²) in [4.78, 5) is 33.6. The minimum Gasteiger partial charge on any atom is -0.381 e. The van der Waals surface area contributed by atoms with E-state index in [9.17, 15) is 9.59 Å². The number of amides is 2. The van der Waals surface area contributed by atoms with Crippen LogP contribution in [0.15, 0.2) is 73.1 Å². The van der Waals surface area contributed by atoms with E-state index in [-0.39, 0.29) is 5.91 Å². The molecule has 1 saturated heterocycles. The van der Waals surface area contributed by atoms with Crippen LogP contribution in [0.25, 0.3) is 0 Å². The van der Waals surface area contributed by atoms with Gasteiger partial charge in [-0.25, -0.2) is 0 Å². The van der Waals surface area contributed by atoms with E-state index in [1.54, 1.807) is 17.2 Å². The molecule has 3 N–H and O–H groups in total. The van der Waals surface area contributed by atoms with E-state index in [0.29, 0.717) is 31.7 Å². The molecule has 7 nitrogen and oxygen atoms in total. The van der Waals surface area contributed by atoms with Gasteiger partial charge in [-0.2, -0.15) is 0 Å². The minimum absolute atomic E-state index is 0.178. The Kier molecular flexibility index (Phi) is 7.00. The predicted molar refractivity (Wildman–Crippen MR) is 128 cm³/mol. The summed E-state index contributed by atoms with van der Waals surface area (Å²) in [6, 6.07) is 18.9. The fourth-order valence-electron chi connectivity index (χ4n) is 4.12. The summed E-state index contributed by atoms with van der Waals surface area (Å²) in [7, 11) is 0. The number of benzene rings is 2. The first-order chi connectivity index (χ1) is 16.0. The standard InChI is InChI=1S/C26H29N5O2/c1-19-9-10-22(14-23(19)29-16-21-8-5-11-28-15-21)26(33)31-13-12-30(18-24(31)25(27)32)17-20-6-3-2-4-7-20/h2-11,14-15,24,29H,12-13,16-18H2,1H3,(H2,27,32)/t24-/m1/s1. The van der Waals surface area contributed by atoms with E-state index in [1.807, 2.05) is 55.6 Å². The van der Waals surface area contributed by atoms with Gasteiger partial charge in [0, 0.05) is 56.4 Å². The number of hydrogen-bond acceptors (Lipinski definition) is 5. The van der Waals surface area contributed by atoms with Gasteiger partial charge in [-0.05, 0) is 41.8 Å². The minimum atomic E-state index is -0.664. The lowest BCUT2D eigenvalue weighted by molar-refractivity contribution is -0.124. The van der Waals surface area contributed by atoms with Gasteiger partial charge >= 0.3 is 0 Å². The molecular weight excluding hydrogens is 414 g/mol. The van der Waals surface area contributed by atoms with Gasteiger partial charge < -0.3 is 16.0 Å². The van der Waals surface area contributed by atoms with Crippen molar-refractivity contribution in [2.75, 3.05) is 25.0 Å². The Labute approximate surface area is 194 Å². The second kappa shape index (κ2) is 10.3. The van der Waals surface area contributed by atoms with Crippen molar-refractivity contribution in [1.82, 2.24) is 14.8 Å². The summed E-state index contributed by atoms with van der Waals surface area (Å²) in [5.74, 6) is -0.661. The Morgan fingerprint density at radius 3 is 2.58 bits per heavy atom. The first kappa shape index (κ1) is 22.5. The molecule has 1 aliphatic heterocycles. The molecule has 0 spiro atoms. The highest BCUT2D eigenvalue weighted by atomic mass is 16.2. The van der Waals surface area contributed by atoms with Crippen LogP contribution in [0.3, 0.4) is 0 Å². The van der Waals surface area contributed by atoms with Crippen molar-refractivity contribution in [2.45, 2.75) is 26.1 Å². The van der Waals surface area contributed by atoms with Gasteiger partial charge in [0.2, 0.25) is 5.91 Å². The summed E-state index contributed by atoms with van der Waals surface area (Å²) < 4.78 is 0. The van der Waals surface area contributed by atoms with Gasteiger partial charge in [0.05, 0.1) is 0 Å². The molecule has 1 fully saturated rings. The molecule has 2 heterocycles. The van der Waals surface area contributed by atoms with Crippen molar-refractivity contribution in [3.05, 3.63) is 95.3 Å². The topological polar surface area (TPSA) is 91.6 Å². The van der Waals surface area contributed by atoms with Crippen LogP contribution in [0.1, 0.15) is 27.0 Å². The Bertz CT molecular complexity index is 1100. The number of nitrogens with one attached hydrogen (secondary N) is 1. The number of anilines is 1. The molecular formula is C26H29N5O2. The van der Waals surface area contributed by atoms with Crippen LogP contribution in [-0.2, 0) is 17.9 Å². The molecule has 2 aromatic carbocycles. The molecule has 1 aliphatic rings. The fourth-order valence-corrected chi connectivity index (χ4v) is 4.12. The van der Waals surface area contributed by atoms with Crippen LogP contribution in [0, 0.1) is 6.92 Å². The first-order valence-corrected chi connectivity index (χ1v) is 11.1. The molecule has 170 valence electrons. The normalized spacial score (nSPS) is 16.4. The zero-order valence-electron chi connectivity index (χ0n) is 18.8. The third-order valence-electron chi connectivity index (χ3n) is 5.99. The number of aromatic nitrogens is 1. The lowest BCUT2D eigenvalue weighted by Gasteiger charge is -2.40. The SMILES string of the molecule is Cc1ccc(C(=O)N2CCN(Cc3ccccc3)C[C@@H]2C(N)=O)cc1NCc1cccnc1. The fraction of sp³-hybridized carbons (Fsp3) is 0.269. The predicted octanol–water partition coefficient (Wildman–Crippen LogP) is 2.81. The average molecular weight is 444 g/mol. The average Bonchev–Trinajstić information content (AvgIpc) is 2.84. The highest BCUT2D eigenvalue weighted by Gasteiger charge is 2.34. The number of nitrogens with two attached hydrogens (primary N) is 1. The quantitative estimate of drug-likeness (QED) is 0.586. The second-order valence-corrected chi connectivity index (χ2v) is 8.38. The van der Waals surface area contributed by atoms with Gasteiger partial charge in [-0.3, -0.25) is 19.5 Å². The van der Waals surface area contributed by atoms with E-state index in [4.69, 9.17) is 5.73 Å². The Balaban J connectivity index is 1.46. The Morgan fingerprint density at radius 1 is 1.06 bits per heavy atom. The van der Waals surface area contributed by atoms with Gasteiger partial charge in [-0.1, -0.05) is 42.5 Å². The highest BCUT2D eigenvalue weighted by Crippen LogP contribution is 2.22. The number of nitrogens with zero attached hydrogens (tertiary/aromatic N) is 3. The third kappa shape index (κ3) is 5.56. The molecule has 3 aromatic rings. The molecule has 0 aliphatic carbocycles. The van der Waals surface area contributed by atoms with Crippen LogP contribution in [0.5, 0.6) is 0 Å². The second-order valence-electron chi connectivity index (χ2n) is 8.38. The summed E-state index contributed by atoms with van der Waals surface area (Å²) >= 11 is 0. The number of aryl methyl sites for hydroxylation is 1. The van der Waals surface area contributed by atoms with E-state index in [2.05, 4.69) is 27.3 Å². The molecule has 1 atom stereocenters. The molecule has 1 aromatic heterocycles. The molecule has 4 rings (SSSR count). The number of primary amides is 1. The Hall–Kier alpha value is -3.71. The Morgan fingerprint density at radius 2 is 1.85 bits per heavy atom. The zero-order chi connectivity index (χ0) is 23.2. The number of rotatable bonds is 7. The zero-order valence-corrected chi connectivity index (χ0v) is 18.8. The van der Waals surface area contributed by atoms with Crippen LogP contribution < -0.4 is 11.1 Å². The largest absolute Gasteiger partial charge is 0.381 e. The molecule has 7 heteroatoms. The summed E-state index contributed by atoms with van der Waals surface area (Å²) in [6.45, 7) is 4.88. The van der Waals surface area contributed by atoms with Gasteiger partial charge in [0.1, 0.15) is 6.04 Å². The van der Waals surface area contributed by atoms with Crippen molar-refractivity contribution >= 4 is 17.5 Å². The highest BCUT2D eigenvalue weighted by molar-refractivity contribution is 5.98. The lowest BCUT2D eigenvalue weighted by atomic mass is 10.0. The van der Waals surface area contributed by atoms with Crippen molar-refractivity contribution in [3.63, 3.8) is 0 Å². The van der Waals surface area contributed by atoms with Gasteiger partial charge in [0.15, 0.2) is 0 Å². The van der Waals surface area contributed by atoms with Gasteiger partial charge in [-0.15, -0.1) is 0 Å². The van der Waals surface area contributed by atoms with E-state index in [0.717, 1.165) is 23.4 Å². The number of carbonyl (C=O) groups is 2. The van der Waals surface area contributed by atoms with E-state index >= 15 is 0 Å². The van der Waals surface area contributed by atoms with E-state index in [1.165, 1.54) is 5.56 Å². The number of pyridine rings is 1. The lowest BCUT2D eigenvalue weighted by Crippen LogP contribution is -2.59. The number of carbonyl (C=O) groups excluding carboxylic acids is 2. The maximum Gasteiger partial charge on any atom is 0.254 e. The third-order valence-corrected chi connectivity index (χ3v) is 5.99. The maximum absolute atomic E-state index is 13.4. The summed E-state index contributed by atoms with van der Waals surface area (Å²) in [5.41, 5.74) is 10.4.